The average molecular weight is 357 g/mol. The van der Waals surface area contributed by atoms with E-state index in [-0.39, 0.29) is 24.6 Å². The molecule has 1 aromatic carbocycles. The van der Waals surface area contributed by atoms with E-state index in [0.29, 0.717) is 12.2 Å². The predicted molar refractivity (Wildman–Crippen MR) is 84.3 cm³/mol. The number of nitrogens with one attached hydrogen (secondary N) is 2. The van der Waals surface area contributed by atoms with Crippen molar-refractivity contribution in [2.75, 3.05) is 18.5 Å². The van der Waals surface area contributed by atoms with E-state index in [1.807, 2.05) is 0 Å². The van der Waals surface area contributed by atoms with E-state index in [4.69, 9.17) is 4.74 Å². The minimum Gasteiger partial charge on any atom is -0.493 e. The molecule has 7 nitrogen and oxygen atoms in total. The summed E-state index contributed by atoms with van der Waals surface area (Å²) in [6, 6.07) is 2.76. The predicted octanol–water partition coefficient (Wildman–Crippen LogP) is 2.60. The lowest BCUT2D eigenvalue weighted by Gasteiger charge is -2.15. The number of nitrogens with zero attached hydrogens (tertiary/aromatic N) is 3. The van der Waals surface area contributed by atoms with Crippen LogP contribution in [0, 0.1) is 0 Å². The van der Waals surface area contributed by atoms with Crippen LogP contribution in [-0.2, 0) is 19.6 Å². The van der Waals surface area contributed by atoms with Crippen LogP contribution in [0.3, 0.4) is 0 Å². The van der Waals surface area contributed by atoms with Gasteiger partial charge in [-0.3, -0.25) is 0 Å². The second-order valence-electron chi connectivity index (χ2n) is 5.13. The van der Waals surface area contributed by atoms with Crippen LogP contribution in [0.25, 0.3) is 0 Å². The molecule has 0 unspecified atom stereocenters. The van der Waals surface area contributed by atoms with Crippen molar-refractivity contribution in [2.45, 2.75) is 19.5 Å². The number of anilines is 1. The Bertz CT molecular complexity index is 730. The number of alkyl halides is 3. The molecule has 0 saturated heterocycles. The summed E-state index contributed by atoms with van der Waals surface area (Å²) in [4.78, 5) is 11.8. The number of carbonyl (C=O) groups excluding carboxylic acids is 1. The van der Waals surface area contributed by atoms with Crippen molar-refractivity contribution < 1.29 is 22.7 Å². The normalized spacial score (nSPS) is 11.2. The van der Waals surface area contributed by atoms with Gasteiger partial charge in [0.15, 0.2) is 0 Å². The number of urea groups is 1. The van der Waals surface area contributed by atoms with Crippen LogP contribution in [0.4, 0.5) is 23.7 Å². The Hall–Kier alpha value is -2.78. The maximum Gasteiger partial charge on any atom is 0.420 e. The van der Waals surface area contributed by atoms with Gasteiger partial charge in [-0.05, 0) is 25.1 Å². The standard InChI is InChI=1S/C15H18F3N5O2/c1-3-25-12-5-4-10(8-11(12)15(16,17)18)21-14(24)19-7-6-13-22-20-9-23(13)2/h4-5,8-9H,3,6-7H2,1-2H3,(H2,19,21,24). The number of amides is 2. The molecule has 0 atom stereocenters. The number of halogens is 3. The number of aromatic nitrogens is 3. The Morgan fingerprint density at radius 1 is 1.36 bits per heavy atom. The third-order valence-corrected chi connectivity index (χ3v) is 3.28. The molecule has 10 heteroatoms. The summed E-state index contributed by atoms with van der Waals surface area (Å²) in [5.41, 5.74) is -0.918. The topological polar surface area (TPSA) is 81.1 Å². The molecule has 0 spiro atoms. The van der Waals surface area contributed by atoms with Crippen LogP contribution in [0.2, 0.25) is 0 Å². The van der Waals surface area contributed by atoms with Gasteiger partial charge in [0, 0.05) is 25.7 Å². The average Bonchev–Trinajstić information content (AvgIpc) is 2.93. The summed E-state index contributed by atoms with van der Waals surface area (Å²) in [5.74, 6) is 0.406. The van der Waals surface area contributed by atoms with Crippen LogP contribution in [0.1, 0.15) is 18.3 Å². The monoisotopic (exact) mass is 357 g/mol. The minimum atomic E-state index is -4.58. The zero-order valence-corrected chi connectivity index (χ0v) is 13.7. The van der Waals surface area contributed by atoms with Gasteiger partial charge >= 0.3 is 12.2 Å². The summed E-state index contributed by atoms with van der Waals surface area (Å²) in [7, 11) is 1.77. The van der Waals surface area contributed by atoms with Crippen molar-refractivity contribution in [1.29, 1.82) is 0 Å². The molecule has 0 radical (unpaired) electrons. The lowest BCUT2D eigenvalue weighted by atomic mass is 10.1. The van der Waals surface area contributed by atoms with Gasteiger partial charge in [-0.2, -0.15) is 13.2 Å². The number of hydrogen-bond acceptors (Lipinski definition) is 4. The molecule has 1 heterocycles. The number of rotatable bonds is 6. The van der Waals surface area contributed by atoms with Crippen molar-refractivity contribution in [2.24, 2.45) is 7.05 Å². The van der Waals surface area contributed by atoms with Crippen LogP contribution in [0.15, 0.2) is 24.5 Å². The largest absolute Gasteiger partial charge is 0.493 e. The van der Waals surface area contributed by atoms with Crippen molar-refractivity contribution in [3.63, 3.8) is 0 Å². The molecule has 136 valence electrons. The fourth-order valence-electron chi connectivity index (χ4n) is 2.11. The summed E-state index contributed by atoms with van der Waals surface area (Å²) in [6.45, 7) is 1.97. The second kappa shape index (κ2) is 7.86. The first-order valence-corrected chi connectivity index (χ1v) is 7.53. The van der Waals surface area contributed by atoms with Gasteiger partial charge in [0.25, 0.3) is 0 Å². The number of carbonyl (C=O) groups is 1. The zero-order valence-electron chi connectivity index (χ0n) is 13.7. The van der Waals surface area contributed by atoms with Gasteiger partial charge in [0.1, 0.15) is 17.9 Å². The molecule has 2 amide bonds. The third kappa shape index (κ3) is 5.10. The molecular weight excluding hydrogens is 339 g/mol. The summed E-state index contributed by atoms with van der Waals surface area (Å²) < 4.78 is 45.9. The van der Waals surface area contributed by atoms with Crippen LogP contribution in [0.5, 0.6) is 5.75 Å². The molecule has 0 aliphatic rings. The fraction of sp³-hybridized carbons (Fsp3) is 0.400. The molecule has 2 N–H and O–H groups in total. The van der Waals surface area contributed by atoms with Gasteiger partial charge in [-0.25, -0.2) is 4.79 Å². The van der Waals surface area contributed by atoms with Crippen molar-refractivity contribution in [3.8, 4) is 5.75 Å². The number of aryl methyl sites for hydroxylation is 1. The molecule has 2 rings (SSSR count). The third-order valence-electron chi connectivity index (χ3n) is 3.28. The highest BCUT2D eigenvalue weighted by molar-refractivity contribution is 5.89. The number of ether oxygens (including phenoxy) is 1. The van der Waals surface area contributed by atoms with E-state index in [0.717, 1.165) is 6.07 Å². The van der Waals surface area contributed by atoms with E-state index >= 15 is 0 Å². The van der Waals surface area contributed by atoms with Gasteiger partial charge in [0.2, 0.25) is 0 Å². The van der Waals surface area contributed by atoms with Crippen molar-refractivity contribution in [3.05, 3.63) is 35.9 Å². The molecule has 2 aromatic rings. The lowest BCUT2D eigenvalue weighted by molar-refractivity contribution is -0.138. The van der Waals surface area contributed by atoms with Crippen LogP contribution >= 0.6 is 0 Å². The maximum absolute atomic E-state index is 13.1. The highest BCUT2D eigenvalue weighted by Gasteiger charge is 2.34. The molecule has 0 bridgehead atoms. The number of benzene rings is 1. The van der Waals surface area contributed by atoms with E-state index in [9.17, 15) is 18.0 Å². The molecule has 0 fully saturated rings. The Kier molecular flexibility index (Phi) is 5.84. The Morgan fingerprint density at radius 3 is 2.72 bits per heavy atom. The van der Waals surface area contributed by atoms with E-state index in [2.05, 4.69) is 20.8 Å². The first kappa shape index (κ1) is 18.6. The molecule has 0 aliphatic heterocycles. The summed E-state index contributed by atoms with van der Waals surface area (Å²) >= 11 is 0. The van der Waals surface area contributed by atoms with E-state index in [1.165, 1.54) is 18.5 Å². The van der Waals surface area contributed by atoms with Crippen LogP contribution < -0.4 is 15.4 Å². The van der Waals surface area contributed by atoms with Crippen molar-refractivity contribution >= 4 is 11.7 Å². The zero-order chi connectivity index (χ0) is 18.4. The molecule has 25 heavy (non-hydrogen) atoms. The highest BCUT2D eigenvalue weighted by atomic mass is 19.4. The van der Waals surface area contributed by atoms with Gasteiger partial charge in [-0.15, -0.1) is 10.2 Å². The van der Waals surface area contributed by atoms with Crippen LogP contribution in [-0.4, -0.2) is 33.9 Å². The highest BCUT2D eigenvalue weighted by Crippen LogP contribution is 2.37. The molecule has 1 aromatic heterocycles. The lowest BCUT2D eigenvalue weighted by Crippen LogP contribution is -2.31. The second-order valence-corrected chi connectivity index (χ2v) is 5.13. The summed E-state index contributed by atoms with van der Waals surface area (Å²) in [5, 5.41) is 12.5. The van der Waals surface area contributed by atoms with Crippen molar-refractivity contribution in [1.82, 2.24) is 20.1 Å². The molecule has 0 saturated carbocycles. The molecule has 0 aliphatic carbocycles. The van der Waals surface area contributed by atoms with Gasteiger partial charge in [0.05, 0.1) is 12.2 Å². The summed E-state index contributed by atoms with van der Waals surface area (Å²) in [6.07, 6.45) is -2.60. The Balaban J connectivity index is 1.97. The Morgan fingerprint density at radius 2 is 2.12 bits per heavy atom. The first-order chi connectivity index (χ1) is 11.8. The Labute approximate surface area is 142 Å². The van der Waals surface area contributed by atoms with Gasteiger partial charge < -0.3 is 19.9 Å². The van der Waals surface area contributed by atoms with E-state index in [1.54, 1.807) is 18.5 Å². The minimum absolute atomic E-state index is 0.0203. The van der Waals surface area contributed by atoms with Gasteiger partial charge in [-0.1, -0.05) is 0 Å². The molecular formula is C15H18F3N5O2. The quantitative estimate of drug-likeness (QED) is 0.833. The SMILES string of the molecule is CCOc1ccc(NC(=O)NCCc2nncn2C)cc1C(F)(F)F. The smallest absolute Gasteiger partial charge is 0.420 e. The number of hydrogen-bond donors (Lipinski definition) is 2. The fourth-order valence-corrected chi connectivity index (χ4v) is 2.11. The van der Waals surface area contributed by atoms with E-state index < -0.39 is 17.8 Å². The first-order valence-electron chi connectivity index (χ1n) is 7.53. The maximum atomic E-state index is 13.1.